The number of carboxylic acids is 1. The van der Waals surface area contributed by atoms with E-state index in [0.717, 1.165) is 12.2 Å². The van der Waals surface area contributed by atoms with Crippen molar-refractivity contribution in [3.8, 4) is 5.88 Å². The van der Waals surface area contributed by atoms with Crippen LogP contribution in [0.3, 0.4) is 0 Å². The lowest BCUT2D eigenvalue weighted by Gasteiger charge is -2.19. The third-order valence-electron chi connectivity index (χ3n) is 6.11. The number of aromatic hydroxyl groups is 1. The summed E-state index contributed by atoms with van der Waals surface area (Å²) in [5.74, 6) is -0.863. The zero-order chi connectivity index (χ0) is 26.8. The molecule has 1 unspecified atom stereocenters. The summed E-state index contributed by atoms with van der Waals surface area (Å²) in [6, 6.07) is 16.2. The van der Waals surface area contributed by atoms with E-state index in [-0.39, 0.29) is 18.2 Å². The first-order valence-corrected chi connectivity index (χ1v) is 12.5. The molecular weight excluding hydrogens is 529 g/mol. The van der Waals surface area contributed by atoms with Gasteiger partial charge in [0.25, 0.3) is 5.91 Å². The van der Waals surface area contributed by atoms with Crippen LogP contribution in [0, 0.1) is 0 Å². The largest absolute Gasteiger partial charge is 0.494 e. The average Bonchev–Trinajstić information content (AvgIpc) is 3.50. The Morgan fingerprint density at radius 1 is 1.05 bits per heavy atom. The molecule has 1 aromatic heterocycles. The summed E-state index contributed by atoms with van der Waals surface area (Å²) in [5, 5.41) is 31.6. The summed E-state index contributed by atoms with van der Waals surface area (Å²) in [5.41, 5.74) is 2.18. The van der Waals surface area contributed by atoms with E-state index in [1.165, 1.54) is 4.57 Å². The van der Waals surface area contributed by atoms with Gasteiger partial charge in [-0.3, -0.25) is 14.6 Å². The van der Waals surface area contributed by atoms with E-state index in [1.807, 2.05) is 6.07 Å². The molecule has 0 radical (unpaired) electrons. The molecule has 0 bridgehead atoms. The van der Waals surface area contributed by atoms with Gasteiger partial charge in [0.15, 0.2) is 11.8 Å². The molecular formula is C27H23Cl2N5O4. The number of nitrogens with zero attached hydrogens (tertiary/aromatic N) is 2. The van der Waals surface area contributed by atoms with Crippen molar-refractivity contribution in [1.82, 2.24) is 9.88 Å². The van der Waals surface area contributed by atoms with E-state index in [2.05, 4.69) is 20.9 Å². The van der Waals surface area contributed by atoms with Crippen LogP contribution < -0.4 is 16.0 Å². The highest BCUT2D eigenvalue weighted by Crippen LogP contribution is 2.37. The smallest absolute Gasteiger partial charge is 0.305 e. The molecule has 0 fully saturated rings. The van der Waals surface area contributed by atoms with Gasteiger partial charge in [-0.25, -0.2) is 0 Å². The number of aromatic nitrogens is 1. The van der Waals surface area contributed by atoms with E-state index >= 15 is 0 Å². The molecule has 0 spiro atoms. The maximum absolute atomic E-state index is 13.0. The lowest BCUT2D eigenvalue weighted by molar-refractivity contribution is -0.137. The van der Waals surface area contributed by atoms with E-state index in [4.69, 9.17) is 23.2 Å². The standard InChI is InChI=1S/C27H23Cl2N5O4/c28-18-8-17(9-19(29)11-18)23(13-24(35)36)34-14-16-4-5-21(12-22(16)26(34)38)32-25(37)15-2-1-3-20(10-15)33-27-30-6-7-31-27/h1-5,8-12,14,23,38H,6-7,13H2,(H,32,37)(H,35,36)(H2,30,31,33). The molecule has 4 aromatic rings. The first kappa shape index (κ1) is 25.4. The number of guanidine groups is 1. The Morgan fingerprint density at radius 2 is 1.84 bits per heavy atom. The minimum atomic E-state index is -1.05. The fraction of sp³-hybridized carbons (Fsp3) is 0.148. The number of carbonyl (C=O) groups is 2. The average molecular weight is 552 g/mol. The second kappa shape index (κ2) is 10.6. The maximum atomic E-state index is 13.0. The number of rotatable bonds is 7. The lowest BCUT2D eigenvalue weighted by Crippen LogP contribution is -2.26. The van der Waals surface area contributed by atoms with Crippen LogP contribution in [0.4, 0.5) is 11.4 Å². The zero-order valence-corrected chi connectivity index (χ0v) is 21.4. The topological polar surface area (TPSA) is 128 Å². The summed E-state index contributed by atoms with van der Waals surface area (Å²) < 4.78 is 1.47. The summed E-state index contributed by atoms with van der Waals surface area (Å²) in [4.78, 5) is 28.9. The number of anilines is 2. The van der Waals surface area contributed by atoms with Crippen molar-refractivity contribution in [2.75, 3.05) is 23.7 Å². The summed E-state index contributed by atoms with van der Waals surface area (Å²) in [7, 11) is 0. The van der Waals surface area contributed by atoms with Crippen molar-refractivity contribution in [1.29, 1.82) is 0 Å². The molecule has 1 amide bonds. The summed E-state index contributed by atoms with van der Waals surface area (Å²) in [6.45, 7) is 1.47. The quantitative estimate of drug-likeness (QED) is 0.211. The van der Waals surface area contributed by atoms with Crippen molar-refractivity contribution >= 4 is 63.2 Å². The van der Waals surface area contributed by atoms with Crippen LogP contribution in [0.2, 0.25) is 10.0 Å². The number of hydrogen-bond acceptors (Lipinski definition) is 6. The van der Waals surface area contributed by atoms with Gasteiger partial charge in [-0.1, -0.05) is 35.3 Å². The number of nitrogens with one attached hydrogen (secondary N) is 3. The third kappa shape index (κ3) is 5.53. The van der Waals surface area contributed by atoms with Crippen molar-refractivity contribution in [2.45, 2.75) is 12.5 Å². The van der Waals surface area contributed by atoms with E-state index in [0.29, 0.717) is 50.1 Å². The first-order chi connectivity index (χ1) is 18.3. The molecule has 5 rings (SSSR count). The molecule has 194 valence electrons. The highest BCUT2D eigenvalue weighted by molar-refractivity contribution is 6.34. The predicted octanol–water partition coefficient (Wildman–Crippen LogP) is 5.34. The molecule has 0 saturated carbocycles. The van der Waals surface area contributed by atoms with E-state index < -0.39 is 12.0 Å². The van der Waals surface area contributed by atoms with Gasteiger partial charge < -0.3 is 30.7 Å². The number of carbonyl (C=O) groups excluding carboxylic acids is 1. The van der Waals surface area contributed by atoms with Crippen molar-refractivity contribution in [2.24, 2.45) is 4.99 Å². The Morgan fingerprint density at radius 3 is 2.55 bits per heavy atom. The van der Waals surface area contributed by atoms with Crippen LogP contribution in [0.1, 0.15) is 28.4 Å². The number of aliphatic imine (C=N–C) groups is 1. The van der Waals surface area contributed by atoms with Crippen LogP contribution in [0.15, 0.2) is 71.9 Å². The number of halogens is 2. The molecule has 1 aliphatic rings. The summed E-state index contributed by atoms with van der Waals surface area (Å²) in [6.07, 6.45) is 1.36. The van der Waals surface area contributed by atoms with E-state index in [9.17, 15) is 19.8 Å². The van der Waals surface area contributed by atoms with Gasteiger partial charge in [-0.05, 0) is 54.1 Å². The molecule has 2 heterocycles. The fourth-order valence-electron chi connectivity index (χ4n) is 4.40. The number of benzene rings is 3. The van der Waals surface area contributed by atoms with Gasteiger partial charge in [0.2, 0.25) is 0 Å². The van der Waals surface area contributed by atoms with Crippen LogP contribution in [-0.2, 0) is 4.79 Å². The second-order valence-electron chi connectivity index (χ2n) is 8.80. The molecule has 3 aromatic carbocycles. The minimum Gasteiger partial charge on any atom is -0.494 e. The van der Waals surface area contributed by atoms with E-state index in [1.54, 1.807) is 60.8 Å². The van der Waals surface area contributed by atoms with Gasteiger partial charge >= 0.3 is 5.97 Å². The Labute approximate surface area is 227 Å². The van der Waals surface area contributed by atoms with Gasteiger partial charge in [-0.15, -0.1) is 0 Å². The molecule has 5 N–H and O–H groups in total. The lowest BCUT2D eigenvalue weighted by atomic mass is 10.0. The second-order valence-corrected chi connectivity index (χ2v) is 9.67. The monoisotopic (exact) mass is 551 g/mol. The van der Waals surface area contributed by atoms with Gasteiger partial charge in [-0.2, -0.15) is 0 Å². The Hall–Kier alpha value is -4.21. The SMILES string of the molecule is O=C(O)CC(c1cc(Cl)cc(Cl)c1)n1cc2ccc(NC(=O)c3cccc(NC4=NCCN4)c3)cc2c1O. The molecule has 9 nitrogen and oxygen atoms in total. The van der Waals surface area contributed by atoms with Crippen molar-refractivity contribution in [3.05, 3.63) is 88.0 Å². The summed E-state index contributed by atoms with van der Waals surface area (Å²) >= 11 is 12.3. The van der Waals surface area contributed by atoms with Gasteiger partial charge in [0.1, 0.15) is 0 Å². The van der Waals surface area contributed by atoms with Crippen LogP contribution >= 0.6 is 23.2 Å². The number of aliphatic carboxylic acids is 1. The first-order valence-electron chi connectivity index (χ1n) is 11.7. The molecule has 1 atom stereocenters. The number of hydrogen-bond donors (Lipinski definition) is 5. The molecule has 38 heavy (non-hydrogen) atoms. The fourth-order valence-corrected chi connectivity index (χ4v) is 4.94. The molecule has 1 aliphatic heterocycles. The Kier molecular flexibility index (Phi) is 7.13. The van der Waals surface area contributed by atoms with Crippen LogP contribution in [0.5, 0.6) is 5.88 Å². The molecule has 0 saturated heterocycles. The predicted molar refractivity (Wildman–Crippen MR) is 149 cm³/mol. The Balaban J connectivity index is 1.42. The van der Waals surface area contributed by atoms with Crippen molar-refractivity contribution in [3.63, 3.8) is 0 Å². The maximum Gasteiger partial charge on any atom is 0.305 e. The normalized spacial score (nSPS) is 13.6. The minimum absolute atomic E-state index is 0.144. The number of carboxylic acid groups (broad SMARTS) is 1. The number of fused-ring (bicyclic) bond motifs is 1. The van der Waals surface area contributed by atoms with Gasteiger partial charge in [0.05, 0.1) is 19.0 Å². The molecule has 0 aliphatic carbocycles. The highest BCUT2D eigenvalue weighted by Gasteiger charge is 2.23. The van der Waals surface area contributed by atoms with Crippen LogP contribution in [0.25, 0.3) is 10.8 Å². The third-order valence-corrected chi connectivity index (χ3v) is 6.55. The highest BCUT2D eigenvalue weighted by atomic mass is 35.5. The van der Waals surface area contributed by atoms with Gasteiger partial charge in [0, 0.05) is 50.5 Å². The van der Waals surface area contributed by atoms with Crippen LogP contribution in [-0.4, -0.2) is 45.7 Å². The molecule has 11 heteroatoms. The van der Waals surface area contributed by atoms with Crippen molar-refractivity contribution < 1.29 is 19.8 Å². The zero-order valence-electron chi connectivity index (χ0n) is 19.9. The Bertz CT molecular complexity index is 1560. The number of amides is 1.